The molecule has 3 fully saturated rings. The maximum Gasteiger partial charge on any atom is 0.238 e. The number of phenols is 1. The summed E-state index contributed by atoms with van der Waals surface area (Å²) in [5.41, 5.74) is 3.50. The number of halogens is 2. The SMILES string of the molecule is O=C1C2CC=C3C(CC4C(=O)N(c5ccc(Br)cc5)C(=O)C4C3C3=COc4ccc(O)cc4C3)C2C(=O)N1c1ccc(Br)cc1. The molecule has 10 heteroatoms. The molecule has 2 aliphatic carbocycles. The van der Waals surface area contributed by atoms with Crippen LogP contribution in [-0.2, 0) is 25.6 Å². The lowest BCUT2D eigenvalue weighted by Gasteiger charge is -2.45. The Morgan fingerprint density at radius 3 is 1.96 bits per heavy atom. The Balaban J connectivity index is 1.22. The van der Waals surface area contributed by atoms with Crippen LogP contribution in [0.25, 0.3) is 0 Å². The third kappa shape index (κ3) is 4.36. The summed E-state index contributed by atoms with van der Waals surface area (Å²) < 4.78 is 7.69. The summed E-state index contributed by atoms with van der Waals surface area (Å²) in [6, 6.07) is 19.1. The summed E-state index contributed by atoms with van der Waals surface area (Å²) in [5, 5.41) is 10.2. The fourth-order valence-corrected chi connectivity index (χ4v) is 8.63. The van der Waals surface area contributed by atoms with Crippen molar-refractivity contribution in [1.29, 1.82) is 0 Å². The molecule has 3 aromatic rings. The van der Waals surface area contributed by atoms with Crippen molar-refractivity contribution in [2.75, 3.05) is 9.80 Å². The molecule has 6 unspecified atom stereocenters. The second kappa shape index (κ2) is 10.5. The van der Waals surface area contributed by atoms with Gasteiger partial charge in [-0.15, -0.1) is 0 Å². The van der Waals surface area contributed by atoms with Crippen LogP contribution in [0.1, 0.15) is 18.4 Å². The van der Waals surface area contributed by atoms with Crippen LogP contribution in [0.5, 0.6) is 11.5 Å². The van der Waals surface area contributed by atoms with Gasteiger partial charge in [-0.25, -0.2) is 0 Å². The lowest BCUT2D eigenvalue weighted by molar-refractivity contribution is -0.126. The number of nitrogens with zero attached hydrogens (tertiary/aromatic N) is 2. The Morgan fingerprint density at radius 1 is 0.711 bits per heavy atom. The van der Waals surface area contributed by atoms with E-state index in [1.165, 1.54) is 9.80 Å². The molecule has 226 valence electrons. The maximum absolute atomic E-state index is 14.3. The first-order chi connectivity index (χ1) is 21.7. The van der Waals surface area contributed by atoms with Crippen LogP contribution in [0.15, 0.2) is 99.2 Å². The molecule has 8 nitrogen and oxygen atoms in total. The molecule has 6 atom stereocenters. The summed E-state index contributed by atoms with van der Waals surface area (Å²) in [4.78, 5) is 58.9. The summed E-state index contributed by atoms with van der Waals surface area (Å²) in [6.07, 6.45) is 4.76. The number of aromatic hydroxyl groups is 1. The van der Waals surface area contributed by atoms with Crippen molar-refractivity contribution < 1.29 is 29.0 Å². The third-order valence-electron chi connectivity index (χ3n) is 9.99. The summed E-state index contributed by atoms with van der Waals surface area (Å²) in [5.74, 6) is -3.84. The lowest BCUT2D eigenvalue weighted by atomic mass is 9.56. The van der Waals surface area contributed by atoms with E-state index in [-0.39, 0.29) is 29.4 Å². The van der Waals surface area contributed by atoms with Crippen LogP contribution < -0.4 is 14.5 Å². The van der Waals surface area contributed by atoms with Gasteiger partial charge in [-0.05, 0) is 91.1 Å². The highest BCUT2D eigenvalue weighted by Gasteiger charge is 2.62. The molecule has 2 saturated heterocycles. The Kier molecular flexibility index (Phi) is 6.65. The second-order valence-corrected chi connectivity index (χ2v) is 14.1. The molecule has 1 saturated carbocycles. The Hall–Kier alpha value is -4.02. The van der Waals surface area contributed by atoms with E-state index in [2.05, 4.69) is 31.9 Å². The van der Waals surface area contributed by atoms with Crippen molar-refractivity contribution in [3.05, 3.63) is 105 Å². The first-order valence-electron chi connectivity index (χ1n) is 14.9. The molecule has 4 amide bonds. The number of carbonyl (C=O) groups is 4. The first kappa shape index (κ1) is 28.5. The molecule has 0 bridgehead atoms. The molecule has 3 heterocycles. The van der Waals surface area contributed by atoms with Gasteiger partial charge in [0.25, 0.3) is 0 Å². The van der Waals surface area contributed by atoms with Crippen LogP contribution in [0.3, 0.4) is 0 Å². The highest BCUT2D eigenvalue weighted by atomic mass is 79.9. The second-order valence-electron chi connectivity index (χ2n) is 12.3. The fraction of sp³-hybridized carbons (Fsp3) is 0.257. The zero-order valence-electron chi connectivity index (χ0n) is 23.7. The fourth-order valence-electron chi connectivity index (χ4n) is 8.10. The number of allylic oxidation sites excluding steroid dienone is 3. The molecule has 8 rings (SSSR count). The molecular formula is C35H26Br2N2O6. The van der Waals surface area contributed by atoms with E-state index in [1.54, 1.807) is 73.0 Å². The monoisotopic (exact) mass is 728 g/mol. The van der Waals surface area contributed by atoms with Gasteiger partial charge in [0, 0.05) is 26.8 Å². The standard InChI is InChI=1S/C35H26Br2N2O6/c36-19-1-5-21(6-2-19)38-32(41)25-11-10-24-26(30(25)34(38)43)15-27-31(35(44)39(33(27)42)22-7-3-20(37)4-8-22)29(24)18-13-17-14-23(40)9-12-28(17)45-16-18/h1-10,12,14,16,25-27,29-31,40H,11,13,15H2. The van der Waals surface area contributed by atoms with Crippen molar-refractivity contribution in [3.63, 3.8) is 0 Å². The number of ether oxygens (including phenoxy) is 1. The van der Waals surface area contributed by atoms with Crippen molar-refractivity contribution in [1.82, 2.24) is 0 Å². The molecule has 0 spiro atoms. The molecule has 3 aromatic carbocycles. The average Bonchev–Trinajstić information content (AvgIpc) is 3.44. The zero-order valence-corrected chi connectivity index (χ0v) is 26.9. The number of fused-ring (bicyclic) bond motifs is 5. The quantitative estimate of drug-likeness (QED) is 0.250. The number of carbonyl (C=O) groups excluding carboxylic acids is 4. The van der Waals surface area contributed by atoms with E-state index in [4.69, 9.17) is 4.74 Å². The molecule has 5 aliphatic rings. The van der Waals surface area contributed by atoms with E-state index >= 15 is 0 Å². The van der Waals surface area contributed by atoms with Crippen LogP contribution in [0, 0.1) is 35.5 Å². The van der Waals surface area contributed by atoms with Crippen molar-refractivity contribution in [3.8, 4) is 11.5 Å². The van der Waals surface area contributed by atoms with Gasteiger partial charge in [-0.3, -0.25) is 29.0 Å². The van der Waals surface area contributed by atoms with Gasteiger partial charge in [0.15, 0.2) is 0 Å². The zero-order chi connectivity index (χ0) is 31.1. The topological polar surface area (TPSA) is 104 Å². The largest absolute Gasteiger partial charge is 0.508 e. The van der Waals surface area contributed by atoms with Gasteiger partial charge in [-0.1, -0.05) is 43.5 Å². The highest BCUT2D eigenvalue weighted by molar-refractivity contribution is 9.10. The minimum absolute atomic E-state index is 0.106. The van der Waals surface area contributed by atoms with Crippen molar-refractivity contribution >= 4 is 66.9 Å². The minimum Gasteiger partial charge on any atom is -0.508 e. The van der Waals surface area contributed by atoms with E-state index in [0.29, 0.717) is 36.4 Å². The van der Waals surface area contributed by atoms with Gasteiger partial charge in [-0.2, -0.15) is 0 Å². The van der Waals surface area contributed by atoms with Gasteiger partial charge < -0.3 is 9.84 Å². The van der Waals surface area contributed by atoms with E-state index in [0.717, 1.165) is 25.7 Å². The predicted molar refractivity (Wildman–Crippen MR) is 172 cm³/mol. The number of imide groups is 2. The van der Waals surface area contributed by atoms with E-state index in [1.807, 2.05) is 6.08 Å². The smallest absolute Gasteiger partial charge is 0.238 e. The number of hydrogen-bond acceptors (Lipinski definition) is 6. The molecule has 0 aromatic heterocycles. The van der Waals surface area contributed by atoms with Crippen LogP contribution in [0.2, 0.25) is 0 Å². The molecule has 0 radical (unpaired) electrons. The third-order valence-corrected chi connectivity index (χ3v) is 11.1. The van der Waals surface area contributed by atoms with E-state index < -0.39 is 35.5 Å². The lowest BCUT2D eigenvalue weighted by Crippen LogP contribution is -2.45. The van der Waals surface area contributed by atoms with Crippen LogP contribution in [0.4, 0.5) is 11.4 Å². The molecular weight excluding hydrogens is 704 g/mol. The van der Waals surface area contributed by atoms with E-state index in [9.17, 15) is 24.3 Å². The number of rotatable bonds is 3. The number of phenolic OH excluding ortho intramolecular Hbond substituents is 1. The highest BCUT2D eigenvalue weighted by Crippen LogP contribution is 2.58. The number of benzene rings is 3. The Bertz CT molecular complexity index is 1870. The maximum atomic E-state index is 14.3. The number of amides is 4. The van der Waals surface area contributed by atoms with Gasteiger partial charge in [0.05, 0.1) is 41.3 Å². The van der Waals surface area contributed by atoms with Crippen molar-refractivity contribution in [2.24, 2.45) is 35.5 Å². The summed E-state index contributed by atoms with van der Waals surface area (Å²) >= 11 is 6.85. The number of anilines is 2. The molecule has 3 aliphatic heterocycles. The van der Waals surface area contributed by atoms with Gasteiger partial charge in [0.2, 0.25) is 23.6 Å². The summed E-state index contributed by atoms with van der Waals surface area (Å²) in [6.45, 7) is 0. The Morgan fingerprint density at radius 2 is 1.31 bits per heavy atom. The molecule has 1 N–H and O–H groups in total. The normalized spacial score (nSPS) is 28.6. The van der Waals surface area contributed by atoms with Gasteiger partial charge in [0.1, 0.15) is 11.5 Å². The average molecular weight is 730 g/mol. The van der Waals surface area contributed by atoms with Crippen LogP contribution in [-0.4, -0.2) is 28.7 Å². The van der Waals surface area contributed by atoms with Crippen molar-refractivity contribution in [2.45, 2.75) is 19.3 Å². The molecule has 45 heavy (non-hydrogen) atoms. The number of hydrogen-bond donors (Lipinski definition) is 1. The minimum atomic E-state index is -0.691. The van der Waals surface area contributed by atoms with Crippen LogP contribution >= 0.6 is 31.9 Å². The summed E-state index contributed by atoms with van der Waals surface area (Å²) in [7, 11) is 0. The van der Waals surface area contributed by atoms with Gasteiger partial charge >= 0.3 is 0 Å². The Labute approximate surface area is 275 Å². The first-order valence-corrected chi connectivity index (χ1v) is 16.4. The predicted octanol–water partition coefficient (Wildman–Crippen LogP) is 6.31.